The van der Waals surface area contributed by atoms with E-state index < -0.39 is 11.7 Å². The Hall–Kier alpha value is -1.60. The van der Waals surface area contributed by atoms with Gasteiger partial charge in [0.05, 0.1) is 11.3 Å². The van der Waals surface area contributed by atoms with Gasteiger partial charge < -0.3 is 5.32 Å². The number of hydrogen-bond acceptors (Lipinski definition) is 2. The normalized spacial score (nSPS) is 9.21. The Labute approximate surface area is 85.1 Å². The molecule has 0 heterocycles. The molecule has 0 aromatic heterocycles. The van der Waals surface area contributed by atoms with Crippen LogP contribution in [0.15, 0.2) is 18.2 Å². The maximum absolute atomic E-state index is 12.7. The number of rotatable bonds is 2. The number of hydrogen-bond donors (Lipinski definition) is 1. The van der Waals surface area contributed by atoms with Crippen LogP contribution >= 0.6 is 11.6 Å². The highest BCUT2D eigenvalue weighted by atomic mass is 35.5. The summed E-state index contributed by atoms with van der Waals surface area (Å²) < 4.78 is 12.7. The molecule has 1 N–H and O–H groups in total. The molecule has 14 heavy (non-hydrogen) atoms. The molecule has 1 aromatic rings. The van der Waals surface area contributed by atoms with Gasteiger partial charge in [-0.3, -0.25) is 4.79 Å². The number of carbonyl (C=O) groups excluding carboxylic acids is 1. The third-order valence-electron chi connectivity index (χ3n) is 1.50. The highest BCUT2D eigenvalue weighted by molar-refractivity contribution is 6.29. The fourth-order valence-corrected chi connectivity index (χ4v) is 0.968. The molecule has 0 atom stereocenters. The van der Waals surface area contributed by atoms with Crippen LogP contribution in [0.3, 0.4) is 0 Å². The first-order chi connectivity index (χ1) is 6.67. The number of alkyl halides is 1. The largest absolute Gasteiger partial charge is 0.324 e. The Morgan fingerprint density at radius 2 is 2.36 bits per heavy atom. The van der Waals surface area contributed by atoms with Crippen LogP contribution in [-0.4, -0.2) is 11.8 Å². The van der Waals surface area contributed by atoms with Crippen LogP contribution in [0.4, 0.5) is 10.1 Å². The van der Waals surface area contributed by atoms with Gasteiger partial charge in [-0.05, 0) is 18.2 Å². The van der Waals surface area contributed by atoms with Crippen LogP contribution in [0.1, 0.15) is 5.56 Å². The lowest BCUT2D eigenvalue weighted by atomic mass is 10.2. The SMILES string of the molecule is N#Cc1cc(F)ccc1NC(=O)CCl. The van der Waals surface area contributed by atoms with Crippen LogP contribution in [0, 0.1) is 17.1 Å². The molecule has 0 saturated carbocycles. The lowest BCUT2D eigenvalue weighted by Crippen LogP contribution is -2.13. The molecule has 1 rings (SSSR count). The number of halogens is 2. The minimum atomic E-state index is -0.523. The summed E-state index contributed by atoms with van der Waals surface area (Å²) in [6.07, 6.45) is 0. The standard InChI is InChI=1S/C9H6ClFN2O/c10-4-9(14)13-8-2-1-7(11)3-6(8)5-12/h1-3H,4H2,(H,13,14). The lowest BCUT2D eigenvalue weighted by molar-refractivity contribution is -0.113. The second-order valence-corrected chi connectivity index (χ2v) is 2.75. The topological polar surface area (TPSA) is 52.9 Å². The van der Waals surface area contributed by atoms with Gasteiger partial charge >= 0.3 is 0 Å². The van der Waals surface area contributed by atoms with E-state index in [1.165, 1.54) is 6.07 Å². The fraction of sp³-hybridized carbons (Fsp3) is 0.111. The molecular weight excluding hydrogens is 207 g/mol. The molecular formula is C9H6ClFN2O. The van der Waals surface area contributed by atoms with Crippen molar-refractivity contribution in [1.82, 2.24) is 0 Å². The molecule has 0 aliphatic heterocycles. The number of anilines is 1. The Balaban J connectivity index is 2.98. The van der Waals surface area contributed by atoms with Crippen molar-refractivity contribution < 1.29 is 9.18 Å². The third-order valence-corrected chi connectivity index (χ3v) is 1.74. The number of nitriles is 1. The number of carbonyl (C=O) groups is 1. The molecule has 0 unspecified atom stereocenters. The molecule has 0 aliphatic rings. The molecule has 72 valence electrons. The highest BCUT2D eigenvalue weighted by Crippen LogP contribution is 2.15. The third kappa shape index (κ3) is 2.44. The summed E-state index contributed by atoms with van der Waals surface area (Å²) in [7, 11) is 0. The summed E-state index contributed by atoms with van der Waals surface area (Å²) in [5, 5.41) is 11.0. The maximum atomic E-state index is 12.7. The van der Waals surface area contributed by atoms with Crippen LogP contribution in [0.2, 0.25) is 0 Å². The molecule has 5 heteroatoms. The molecule has 0 fully saturated rings. The molecule has 1 aromatic carbocycles. The van der Waals surface area contributed by atoms with Gasteiger partial charge in [0.2, 0.25) is 5.91 Å². The van der Waals surface area contributed by atoms with Crippen LogP contribution < -0.4 is 5.32 Å². The van der Waals surface area contributed by atoms with Gasteiger partial charge in [0.15, 0.2) is 0 Å². The molecule has 0 spiro atoms. The van der Waals surface area contributed by atoms with E-state index >= 15 is 0 Å². The smallest absolute Gasteiger partial charge is 0.239 e. The molecule has 1 amide bonds. The minimum Gasteiger partial charge on any atom is -0.324 e. The van der Waals surface area contributed by atoms with Crippen molar-refractivity contribution in [2.45, 2.75) is 0 Å². The van der Waals surface area contributed by atoms with E-state index in [2.05, 4.69) is 5.32 Å². The monoisotopic (exact) mass is 212 g/mol. The van der Waals surface area contributed by atoms with Crippen molar-refractivity contribution in [3.63, 3.8) is 0 Å². The van der Waals surface area contributed by atoms with E-state index in [0.29, 0.717) is 0 Å². The Kier molecular flexibility index (Phi) is 3.43. The van der Waals surface area contributed by atoms with Crippen molar-refractivity contribution in [3.05, 3.63) is 29.6 Å². The molecule has 3 nitrogen and oxygen atoms in total. The second kappa shape index (κ2) is 4.58. The van der Waals surface area contributed by atoms with Gasteiger partial charge in [0.1, 0.15) is 17.8 Å². The quantitative estimate of drug-likeness (QED) is 0.761. The van der Waals surface area contributed by atoms with Crippen molar-refractivity contribution in [2.75, 3.05) is 11.2 Å². The maximum Gasteiger partial charge on any atom is 0.239 e. The summed E-state index contributed by atoms with van der Waals surface area (Å²) in [5.41, 5.74) is 0.336. The first-order valence-electron chi connectivity index (χ1n) is 3.73. The predicted octanol–water partition coefficient (Wildman–Crippen LogP) is 1.87. The lowest BCUT2D eigenvalue weighted by Gasteiger charge is -2.04. The first kappa shape index (κ1) is 10.5. The second-order valence-electron chi connectivity index (χ2n) is 2.48. The zero-order chi connectivity index (χ0) is 10.6. The van der Waals surface area contributed by atoms with Crippen LogP contribution in [-0.2, 0) is 4.79 Å². The Morgan fingerprint density at radius 3 is 2.93 bits per heavy atom. The average Bonchev–Trinajstić information content (AvgIpc) is 2.20. The van der Waals surface area contributed by atoms with Gasteiger partial charge in [-0.15, -0.1) is 11.6 Å². The van der Waals surface area contributed by atoms with E-state index in [1.54, 1.807) is 6.07 Å². The van der Waals surface area contributed by atoms with E-state index in [4.69, 9.17) is 16.9 Å². The Bertz CT molecular complexity index is 400. The van der Waals surface area contributed by atoms with Gasteiger partial charge in [0, 0.05) is 0 Å². The van der Waals surface area contributed by atoms with Gasteiger partial charge in [-0.1, -0.05) is 0 Å². The van der Waals surface area contributed by atoms with Gasteiger partial charge in [-0.25, -0.2) is 4.39 Å². The van der Waals surface area contributed by atoms with E-state index in [0.717, 1.165) is 12.1 Å². The van der Waals surface area contributed by atoms with Gasteiger partial charge in [-0.2, -0.15) is 5.26 Å². The van der Waals surface area contributed by atoms with Crippen LogP contribution in [0.5, 0.6) is 0 Å². The summed E-state index contributed by atoms with van der Waals surface area (Å²) in [6, 6.07) is 5.29. The van der Waals surface area contributed by atoms with E-state index in [1.807, 2.05) is 0 Å². The van der Waals surface area contributed by atoms with Crippen molar-refractivity contribution in [3.8, 4) is 6.07 Å². The summed E-state index contributed by atoms with van der Waals surface area (Å²) in [6.45, 7) is 0. The number of benzene rings is 1. The highest BCUT2D eigenvalue weighted by Gasteiger charge is 2.06. The molecule has 0 bridgehead atoms. The summed E-state index contributed by atoms with van der Waals surface area (Å²) >= 11 is 5.26. The zero-order valence-electron chi connectivity index (χ0n) is 7.05. The number of amides is 1. The van der Waals surface area contributed by atoms with E-state index in [-0.39, 0.29) is 17.1 Å². The molecule has 0 aliphatic carbocycles. The summed E-state index contributed by atoms with van der Waals surface area (Å²) in [5.74, 6) is -1.16. The van der Waals surface area contributed by atoms with Crippen molar-refractivity contribution in [2.24, 2.45) is 0 Å². The van der Waals surface area contributed by atoms with Crippen LogP contribution in [0.25, 0.3) is 0 Å². The number of nitrogens with one attached hydrogen (secondary N) is 1. The zero-order valence-corrected chi connectivity index (χ0v) is 7.81. The van der Waals surface area contributed by atoms with Crippen molar-refractivity contribution >= 4 is 23.2 Å². The number of nitrogens with zero attached hydrogens (tertiary/aromatic N) is 1. The minimum absolute atomic E-state index is 0.0727. The van der Waals surface area contributed by atoms with Crippen molar-refractivity contribution in [1.29, 1.82) is 5.26 Å². The van der Waals surface area contributed by atoms with E-state index in [9.17, 15) is 9.18 Å². The average molecular weight is 213 g/mol. The molecule has 0 radical (unpaired) electrons. The molecule has 0 saturated heterocycles. The first-order valence-corrected chi connectivity index (χ1v) is 4.26. The van der Waals surface area contributed by atoms with Gasteiger partial charge in [0.25, 0.3) is 0 Å². The Morgan fingerprint density at radius 1 is 1.64 bits per heavy atom. The summed E-state index contributed by atoms with van der Waals surface area (Å²) in [4.78, 5) is 10.9. The fourth-order valence-electron chi connectivity index (χ4n) is 0.902. The predicted molar refractivity (Wildman–Crippen MR) is 50.5 cm³/mol.